The van der Waals surface area contributed by atoms with Crippen molar-refractivity contribution in [2.24, 2.45) is 0 Å². The van der Waals surface area contributed by atoms with Crippen molar-refractivity contribution in [2.75, 3.05) is 6.54 Å². The molecule has 0 spiro atoms. The van der Waals surface area contributed by atoms with Gasteiger partial charge in [0.1, 0.15) is 0 Å². The van der Waals surface area contributed by atoms with Gasteiger partial charge in [-0.1, -0.05) is 17.7 Å². The van der Waals surface area contributed by atoms with Crippen LogP contribution in [0.5, 0.6) is 0 Å². The number of aryl methyl sites for hydroxylation is 1. The van der Waals surface area contributed by atoms with Crippen LogP contribution in [0.15, 0.2) is 30.0 Å². The van der Waals surface area contributed by atoms with E-state index in [4.69, 9.17) is 0 Å². The molecule has 1 N–H and O–H groups in total. The first-order valence-corrected chi connectivity index (χ1v) is 6.65. The molecule has 1 aliphatic carbocycles. The largest absolute Gasteiger partial charge is 0.311 e. The molecule has 0 bridgehead atoms. The van der Waals surface area contributed by atoms with Gasteiger partial charge in [0.15, 0.2) is 0 Å². The summed E-state index contributed by atoms with van der Waals surface area (Å²) in [5, 5.41) is 3.49. The maximum Gasteiger partial charge on any atom is 0.0570 e. The summed E-state index contributed by atoms with van der Waals surface area (Å²) in [5.74, 6) is 0. The van der Waals surface area contributed by atoms with Crippen molar-refractivity contribution in [1.29, 1.82) is 0 Å². The highest BCUT2D eigenvalue weighted by atomic mass is 14.9. The summed E-state index contributed by atoms with van der Waals surface area (Å²) in [5.41, 5.74) is 4.09. The molecule has 0 aromatic carbocycles. The highest BCUT2D eigenvalue weighted by molar-refractivity contribution is 5.17. The molecule has 1 aromatic rings. The minimum Gasteiger partial charge on any atom is -0.311 e. The number of hydrogen-bond acceptors (Lipinski definition) is 2. The molecular formula is C15H22N2. The first-order chi connectivity index (χ1) is 8.36. The van der Waals surface area contributed by atoms with E-state index in [2.05, 4.69) is 29.4 Å². The van der Waals surface area contributed by atoms with Crippen LogP contribution in [0.25, 0.3) is 0 Å². The number of rotatable bonds is 5. The number of nitrogens with zero attached hydrogens (tertiary/aromatic N) is 1. The fraction of sp³-hybridized carbons (Fsp3) is 0.533. The summed E-state index contributed by atoms with van der Waals surface area (Å²) in [6.45, 7) is 4.08. The van der Waals surface area contributed by atoms with Gasteiger partial charge in [-0.05, 0) is 57.2 Å². The van der Waals surface area contributed by atoms with Gasteiger partial charge in [-0.2, -0.15) is 0 Å². The molecule has 0 amide bonds. The number of pyridine rings is 1. The predicted molar refractivity (Wildman–Crippen MR) is 71.8 cm³/mol. The molecule has 17 heavy (non-hydrogen) atoms. The third kappa shape index (κ3) is 3.97. The first kappa shape index (κ1) is 12.3. The van der Waals surface area contributed by atoms with Crippen molar-refractivity contribution in [1.82, 2.24) is 10.3 Å². The Hall–Kier alpha value is -1.15. The maximum absolute atomic E-state index is 4.39. The normalized spacial score (nSPS) is 15.7. The van der Waals surface area contributed by atoms with Gasteiger partial charge in [0, 0.05) is 12.7 Å². The molecule has 1 aromatic heterocycles. The zero-order valence-electron chi connectivity index (χ0n) is 10.7. The van der Waals surface area contributed by atoms with E-state index in [9.17, 15) is 0 Å². The Balaban J connectivity index is 1.69. The quantitative estimate of drug-likeness (QED) is 0.619. The van der Waals surface area contributed by atoms with E-state index in [0.29, 0.717) is 0 Å². The van der Waals surface area contributed by atoms with Crippen LogP contribution in [0.1, 0.15) is 43.4 Å². The van der Waals surface area contributed by atoms with Crippen LogP contribution >= 0.6 is 0 Å². The average molecular weight is 230 g/mol. The van der Waals surface area contributed by atoms with Crippen molar-refractivity contribution >= 4 is 0 Å². The van der Waals surface area contributed by atoms with E-state index in [0.717, 1.165) is 13.1 Å². The van der Waals surface area contributed by atoms with Crippen LogP contribution in [-0.4, -0.2) is 11.5 Å². The molecule has 1 aliphatic rings. The third-order valence-electron chi connectivity index (χ3n) is 3.42. The maximum atomic E-state index is 4.39. The topological polar surface area (TPSA) is 24.9 Å². The monoisotopic (exact) mass is 230 g/mol. The molecule has 0 unspecified atom stereocenters. The Morgan fingerprint density at radius 3 is 3.06 bits per heavy atom. The Kier molecular flexibility index (Phi) is 4.75. The predicted octanol–water partition coefficient (Wildman–Crippen LogP) is 3.37. The molecule has 0 saturated carbocycles. The lowest BCUT2D eigenvalue weighted by Crippen LogP contribution is -2.17. The van der Waals surface area contributed by atoms with Crippen LogP contribution in [0.3, 0.4) is 0 Å². The van der Waals surface area contributed by atoms with Gasteiger partial charge in [-0.25, -0.2) is 0 Å². The Labute approximate surface area is 104 Å². The van der Waals surface area contributed by atoms with Crippen molar-refractivity contribution < 1.29 is 0 Å². The summed E-state index contributed by atoms with van der Waals surface area (Å²) in [7, 11) is 0. The smallest absolute Gasteiger partial charge is 0.0570 e. The highest BCUT2D eigenvalue weighted by Gasteiger charge is 2.03. The lowest BCUT2D eigenvalue weighted by molar-refractivity contribution is 0.626. The van der Waals surface area contributed by atoms with E-state index in [1.54, 1.807) is 5.57 Å². The molecule has 2 nitrogen and oxygen atoms in total. The van der Waals surface area contributed by atoms with E-state index in [1.807, 2.05) is 12.3 Å². The zero-order chi connectivity index (χ0) is 11.9. The lowest BCUT2D eigenvalue weighted by Gasteiger charge is -2.13. The SMILES string of the molecule is Cc1cccnc1CNCCC1=CCCCC1. The van der Waals surface area contributed by atoms with Gasteiger partial charge < -0.3 is 5.32 Å². The summed E-state index contributed by atoms with van der Waals surface area (Å²) in [6.07, 6.45) is 10.9. The number of allylic oxidation sites excluding steroid dienone is 1. The molecule has 1 heterocycles. The molecule has 2 heteroatoms. The summed E-state index contributed by atoms with van der Waals surface area (Å²) in [4.78, 5) is 4.39. The summed E-state index contributed by atoms with van der Waals surface area (Å²) < 4.78 is 0. The van der Waals surface area contributed by atoms with Crippen LogP contribution in [0.2, 0.25) is 0 Å². The van der Waals surface area contributed by atoms with Crippen molar-refractivity contribution in [3.63, 3.8) is 0 Å². The second-order valence-electron chi connectivity index (χ2n) is 4.80. The Morgan fingerprint density at radius 2 is 2.29 bits per heavy atom. The number of nitrogens with one attached hydrogen (secondary N) is 1. The van der Waals surface area contributed by atoms with Crippen molar-refractivity contribution in [2.45, 2.75) is 45.6 Å². The fourth-order valence-electron chi connectivity index (χ4n) is 2.29. The zero-order valence-corrected chi connectivity index (χ0v) is 10.7. The van der Waals surface area contributed by atoms with Crippen molar-refractivity contribution in [3.05, 3.63) is 41.2 Å². The van der Waals surface area contributed by atoms with Crippen LogP contribution in [0, 0.1) is 6.92 Å². The Morgan fingerprint density at radius 1 is 1.35 bits per heavy atom. The molecular weight excluding hydrogens is 208 g/mol. The van der Waals surface area contributed by atoms with Gasteiger partial charge in [-0.3, -0.25) is 4.98 Å². The van der Waals surface area contributed by atoms with Gasteiger partial charge in [0.05, 0.1) is 5.69 Å². The molecule has 0 radical (unpaired) electrons. The second kappa shape index (κ2) is 6.55. The first-order valence-electron chi connectivity index (χ1n) is 6.65. The average Bonchev–Trinajstić information content (AvgIpc) is 2.38. The number of hydrogen-bond donors (Lipinski definition) is 1. The number of aromatic nitrogens is 1. The summed E-state index contributed by atoms with van der Waals surface area (Å²) >= 11 is 0. The van der Waals surface area contributed by atoms with Gasteiger partial charge >= 0.3 is 0 Å². The van der Waals surface area contributed by atoms with E-state index < -0.39 is 0 Å². The summed E-state index contributed by atoms with van der Waals surface area (Å²) in [6, 6.07) is 4.11. The van der Waals surface area contributed by atoms with Crippen LogP contribution in [-0.2, 0) is 6.54 Å². The minimum atomic E-state index is 0.889. The lowest BCUT2D eigenvalue weighted by atomic mass is 9.97. The molecule has 0 saturated heterocycles. The van der Waals surface area contributed by atoms with Gasteiger partial charge in [-0.15, -0.1) is 0 Å². The second-order valence-corrected chi connectivity index (χ2v) is 4.80. The highest BCUT2D eigenvalue weighted by Crippen LogP contribution is 2.19. The van der Waals surface area contributed by atoms with Gasteiger partial charge in [0.25, 0.3) is 0 Å². The van der Waals surface area contributed by atoms with Gasteiger partial charge in [0.2, 0.25) is 0 Å². The van der Waals surface area contributed by atoms with Crippen LogP contribution in [0.4, 0.5) is 0 Å². The third-order valence-corrected chi connectivity index (χ3v) is 3.42. The van der Waals surface area contributed by atoms with E-state index in [-0.39, 0.29) is 0 Å². The molecule has 92 valence electrons. The molecule has 0 atom stereocenters. The standard InChI is InChI=1S/C15H22N2/c1-13-6-5-10-17-15(13)12-16-11-9-14-7-3-2-4-8-14/h5-7,10,16H,2-4,8-9,11-12H2,1H3. The molecule has 0 aliphatic heterocycles. The minimum absolute atomic E-state index is 0.889. The molecule has 2 rings (SSSR count). The van der Waals surface area contributed by atoms with E-state index in [1.165, 1.54) is 43.4 Å². The molecule has 0 fully saturated rings. The van der Waals surface area contributed by atoms with Crippen LogP contribution < -0.4 is 5.32 Å². The van der Waals surface area contributed by atoms with Crippen molar-refractivity contribution in [3.8, 4) is 0 Å². The Bertz CT molecular complexity index is 382. The van der Waals surface area contributed by atoms with E-state index >= 15 is 0 Å². The fourth-order valence-corrected chi connectivity index (χ4v) is 2.29.